The van der Waals surface area contributed by atoms with Gasteiger partial charge in [0.15, 0.2) is 5.96 Å². The van der Waals surface area contributed by atoms with Crippen molar-refractivity contribution < 1.29 is 0 Å². The fraction of sp³-hybridized carbons (Fsp3) is 0.526. The minimum atomic E-state index is 0. The van der Waals surface area contributed by atoms with Gasteiger partial charge in [0.2, 0.25) is 0 Å². The highest BCUT2D eigenvalue weighted by molar-refractivity contribution is 14.0. The Bertz CT molecular complexity index is 495. The predicted octanol–water partition coefficient (Wildman–Crippen LogP) is 3.57. The number of aliphatic imine (C=N–C) groups is 1. The van der Waals surface area contributed by atoms with Gasteiger partial charge in [0, 0.05) is 20.1 Å². The lowest BCUT2D eigenvalue weighted by molar-refractivity contribution is 0.245. The van der Waals surface area contributed by atoms with Crippen molar-refractivity contribution in [3.8, 4) is 0 Å². The molecule has 2 rings (SSSR count). The van der Waals surface area contributed by atoms with Gasteiger partial charge in [-0.2, -0.15) is 0 Å². The molecule has 24 heavy (non-hydrogen) atoms. The molecule has 1 heterocycles. The molecule has 1 unspecified atom stereocenters. The molecule has 0 aliphatic carbocycles. The van der Waals surface area contributed by atoms with Gasteiger partial charge in [-0.3, -0.25) is 9.89 Å². The van der Waals surface area contributed by atoms with Crippen LogP contribution in [-0.2, 0) is 0 Å². The average molecular weight is 442 g/mol. The molecule has 1 saturated heterocycles. The molecular formula is C19H31IN4. The van der Waals surface area contributed by atoms with E-state index in [0.717, 1.165) is 25.5 Å². The van der Waals surface area contributed by atoms with Gasteiger partial charge in [0.05, 0.1) is 6.04 Å². The molecule has 0 radical (unpaired) electrons. The lowest BCUT2D eigenvalue weighted by Crippen LogP contribution is -2.42. The van der Waals surface area contributed by atoms with E-state index in [1.54, 1.807) is 0 Å². The van der Waals surface area contributed by atoms with Crippen LogP contribution in [0, 0.1) is 0 Å². The van der Waals surface area contributed by atoms with Crippen molar-refractivity contribution in [3.05, 3.63) is 48.0 Å². The van der Waals surface area contributed by atoms with E-state index in [1.165, 1.54) is 31.5 Å². The molecule has 0 bridgehead atoms. The van der Waals surface area contributed by atoms with E-state index in [1.807, 2.05) is 14.0 Å². The van der Waals surface area contributed by atoms with Gasteiger partial charge in [0.25, 0.3) is 0 Å². The second-order valence-corrected chi connectivity index (χ2v) is 5.91. The zero-order valence-corrected chi connectivity index (χ0v) is 17.2. The molecule has 2 N–H and O–H groups in total. The maximum absolute atomic E-state index is 4.33. The van der Waals surface area contributed by atoms with Crippen LogP contribution in [0.25, 0.3) is 0 Å². The summed E-state index contributed by atoms with van der Waals surface area (Å²) in [4.78, 5) is 6.91. The molecule has 1 atom stereocenters. The molecule has 134 valence electrons. The molecule has 0 spiro atoms. The van der Waals surface area contributed by atoms with Gasteiger partial charge >= 0.3 is 0 Å². The predicted molar refractivity (Wildman–Crippen MR) is 114 cm³/mol. The Labute approximate surface area is 163 Å². The number of hydrogen-bond acceptors (Lipinski definition) is 2. The highest BCUT2D eigenvalue weighted by Crippen LogP contribution is 2.24. The van der Waals surface area contributed by atoms with Crippen molar-refractivity contribution in [2.45, 2.75) is 32.2 Å². The molecule has 1 aliphatic rings. The van der Waals surface area contributed by atoms with E-state index >= 15 is 0 Å². The Balaban J connectivity index is 0.00000288. The van der Waals surface area contributed by atoms with E-state index in [-0.39, 0.29) is 24.0 Å². The van der Waals surface area contributed by atoms with Gasteiger partial charge in [-0.25, -0.2) is 0 Å². The molecule has 0 aromatic heterocycles. The first kappa shape index (κ1) is 21.0. The summed E-state index contributed by atoms with van der Waals surface area (Å²) in [6, 6.07) is 11.2. The van der Waals surface area contributed by atoms with Crippen LogP contribution in [0.4, 0.5) is 0 Å². The quantitative estimate of drug-likeness (QED) is 0.223. The van der Waals surface area contributed by atoms with Crippen molar-refractivity contribution >= 4 is 29.9 Å². The number of rotatable bonds is 7. The molecule has 1 aromatic rings. The lowest BCUT2D eigenvalue weighted by Gasteiger charge is -2.29. The van der Waals surface area contributed by atoms with E-state index in [2.05, 4.69) is 63.0 Å². The molecule has 5 heteroatoms. The summed E-state index contributed by atoms with van der Waals surface area (Å²) in [5, 5.41) is 6.87. The van der Waals surface area contributed by atoms with Crippen LogP contribution in [-0.4, -0.2) is 44.1 Å². The number of hydrogen-bond donors (Lipinski definition) is 2. The summed E-state index contributed by atoms with van der Waals surface area (Å²) in [5.74, 6) is 0.884. The third-order valence-electron chi connectivity index (χ3n) is 4.29. The topological polar surface area (TPSA) is 39.7 Å². The van der Waals surface area contributed by atoms with Crippen LogP contribution >= 0.6 is 24.0 Å². The molecule has 0 saturated carbocycles. The van der Waals surface area contributed by atoms with Gasteiger partial charge in [-0.1, -0.05) is 42.5 Å². The van der Waals surface area contributed by atoms with E-state index in [9.17, 15) is 0 Å². The summed E-state index contributed by atoms with van der Waals surface area (Å²) < 4.78 is 0. The Morgan fingerprint density at radius 3 is 2.54 bits per heavy atom. The Hall–Kier alpha value is -1.08. The normalized spacial score (nSPS) is 16.8. The summed E-state index contributed by atoms with van der Waals surface area (Å²) >= 11 is 0. The maximum Gasteiger partial charge on any atom is 0.191 e. The second-order valence-electron chi connectivity index (χ2n) is 5.91. The van der Waals surface area contributed by atoms with Crippen molar-refractivity contribution in [2.75, 3.05) is 33.2 Å². The molecule has 1 fully saturated rings. The van der Waals surface area contributed by atoms with Crippen LogP contribution in [0.1, 0.15) is 37.8 Å². The van der Waals surface area contributed by atoms with Crippen molar-refractivity contribution in [1.82, 2.24) is 15.5 Å². The van der Waals surface area contributed by atoms with Crippen LogP contribution < -0.4 is 10.6 Å². The van der Waals surface area contributed by atoms with E-state index in [0.29, 0.717) is 6.04 Å². The monoisotopic (exact) mass is 442 g/mol. The summed E-state index contributed by atoms with van der Waals surface area (Å²) in [6.45, 7) is 6.22. The van der Waals surface area contributed by atoms with Crippen LogP contribution in [0.5, 0.6) is 0 Å². The fourth-order valence-electron chi connectivity index (χ4n) is 3.04. The second kappa shape index (κ2) is 12.3. The first-order chi connectivity index (χ1) is 11.3. The molecule has 1 aliphatic heterocycles. The summed E-state index contributed by atoms with van der Waals surface area (Å²) in [5.41, 5.74) is 1.38. The standard InChI is InChI=1S/C19H30N4.HI/c1-3-4-8-13-21-19(20-2)22-16-18(23-14-9-10-15-23)17-11-6-5-7-12-17;/h3-7,11-12,18H,8-10,13-16H2,1-2H3,(H2,20,21,22);1H/b4-3+;. The highest BCUT2D eigenvalue weighted by atomic mass is 127. The van der Waals surface area contributed by atoms with Crippen LogP contribution in [0.15, 0.2) is 47.5 Å². The van der Waals surface area contributed by atoms with Crippen molar-refractivity contribution in [3.63, 3.8) is 0 Å². The van der Waals surface area contributed by atoms with Gasteiger partial charge in [0.1, 0.15) is 0 Å². The van der Waals surface area contributed by atoms with Crippen molar-refractivity contribution in [2.24, 2.45) is 4.99 Å². The largest absolute Gasteiger partial charge is 0.356 e. The molecular weight excluding hydrogens is 411 g/mol. The van der Waals surface area contributed by atoms with Crippen LogP contribution in [0.2, 0.25) is 0 Å². The summed E-state index contributed by atoms with van der Waals surface area (Å²) in [6.07, 6.45) is 7.87. The minimum absolute atomic E-state index is 0. The summed E-state index contributed by atoms with van der Waals surface area (Å²) in [7, 11) is 1.83. The number of nitrogens with zero attached hydrogens (tertiary/aromatic N) is 2. The molecule has 4 nitrogen and oxygen atoms in total. The van der Waals surface area contributed by atoms with Gasteiger partial charge < -0.3 is 10.6 Å². The molecule has 0 amide bonds. The molecule has 1 aromatic carbocycles. The first-order valence-corrected chi connectivity index (χ1v) is 8.70. The number of halogens is 1. The van der Waals surface area contributed by atoms with Gasteiger partial charge in [-0.15, -0.1) is 24.0 Å². The van der Waals surface area contributed by atoms with Crippen molar-refractivity contribution in [1.29, 1.82) is 0 Å². The smallest absolute Gasteiger partial charge is 0.191 e. The third-order valence-corrected chi connectivity index (χ3v) is 4.29. The highest BCUT2D eigenvalue weighted by Gasteiger charge is 2.23. The first-order valence-electron chi connectivity index (χ1n) is 8.70. The number of likely N-dealkylation sites (tertiary alicyclic amines) is 1. The maximum atomic E-state index is 4.33. The Kier molecular flexibility index (Phi) is 10.7. The lowest BCUT2D eigenvalue weighted by atomic mass is 10.1. The zero-order valence-electron chi connectivity index (χ0n) is 14.9. The SMILES string of the molecule is C/C=C/CCNC(=NC)NCC(c1ccccc1)N1CCCC1.I. The van der Waals surface area contributed by atoms with E-state index in [4.69, 9.17) is 0 Å². The minimum Gasteiger partial charge on any atom is -0.356 e. The Morgan fingerprint density at radius 1 is 1.21 bits per heavy atom. The fourth-order valence-corrected chi connectivity index (χ4v) is 3.04. The van der Waals surface area contributed by atoms with E-state index < -0.39 is 0 Å². The number of guanidine groups is 1. The number of allylic oxidation sites excluding steroid dienone is 1. The third kappa shape index (κ3) is 6.81. The number of nitrogens with one attached hydrogen (secondary N) is 2. The van der Waals surface area contributed by atoms with Crippen LogP contribution in [0.3, 0.4) is 0 Å². The van der Waals surface area contributed by atoms with Gasteiger partial charge in [-0.05, 0) is 44.8 Å². The average Bonchev–Trinajstić information content (AvgIpc) is 3.12. The zero-order chi connectivity index (χ0) is 16.3. The number of benzene rings is 1. The Morgan fingerprint density at radius 2 is 1.92 bits per heavy atom.